The van der Waals surface area contributed by atoms with Crippen LogP contribution in [0.1, 0.15) is 67.8 Å². The van der Waals surface area contributed by atoms with Gasteiger partial charge in [-0.1, -0.05) is 50.5 Å². The maximum absolute atomic E-state index is 12.4. The summed E-state index contributed by atoms with van der Waals surface area (Å²) in [5, 5.41) is 2.49. The minimum atomic E-state index is 0.280. The van der Waals surface area contributed by atoms with Gasteiger partial charge in [0.1, 0.15) is 0 Å². The van der Waals surface area contributed by atoms with Crippen molar-refractivity contribution in [3.05, 3.63) is 41.5 Å². The molecule has 3 aliphatic rings. The monoisotopic (exact) mass is 390 g/mol. The van der Waals surface area contributed by atoms with Crippen molar-refractivity contribution in [1.29, 1.82) is 0 Å². The van der Waals surface area contributed by atoms with Gasteiger partial charge < -0.3 is 9.80 Å². The molecule has 154 valence electrons. The number of carbonyl (C=O) groups is 1. The molecule has 1 saturated carbocycles. The summed E-state index contributed by atoms with van der Waals surface area (Å²) in [6.45, 7) is 8.27. The fourth-order valence-corrected chi connectivity index (χ4v) is 6.16. The molecule has 2 aromatic carbocycles. The molecule has 0 aromatic heterocycles. The van der Waals surface area contributed by atoms with Gasteiger partial charge in [-0.25, -0.2) is 0 Å². The van der Waals surface area contributed by atoms with Gasteiger partial charge in [0.25, 0.3) is 0 Å². The number of carbonyl (C=O) groups excluding carboxylic acids is 1. The van der Waals surface area contributed by atoms with Gasteiger partial charge in [-0.05, 0) is 54.7 Å². The molecule has 0 unspecified atom stereocenters. The summed E-state index contributed by atoms with van der Waals surface area (Å²) in [6.07, 6.45) is 10.3. The largest absolute Gasteiger partial charge is 0.370 e. The molecule has 0 amide bonds. The molecule has 0 atom stereocenters. The van der Waals surface area contributed by atoms with E-state index in [1.165, 1.54) is 80.1 Å². The Morgan fingerprint density at radius 1 is 0.931 bits per heavy atom. The predicted octanol–water partition coefficient (Wildman–Crippen LogP) is 5.45. The molecule has 0 bridgehead atoms. The first-order valence-electron chi connectivity index (χ1n) is 11.7. The average molecular weight is 391 g/mol. The SMILES string of the molecule is CCC1(CN2CCCN(c3ccc4c5c(cccc35)C(=O)C4)CC2)CCCCC1. The highest BCUT2D eigenvalue weighted by molar-refractivity contribution is 6.17. The smallest absolute Gasteiger partial charge is 0.167 e. The molecule has 1 heterocycles. The highest BCUT2D eigenvalue weighted by Gasteiger charge is 2.33. The van der Waals surface area contributed by atoms with E-state index in [1.54, 1.807) is 0 Å². The van der Waals surface area contributed by atoms with Crippen LogP contribution in [0.4, 0.5) is 5.69 Å². The fraction of sp³-hybridized carbons (Fsp3) is 0.577. The van der Waals surface area contributed by atoms with Crippen LogP contribution in [0.2, 0.25) is 0 Å². The molecule has 2 fully saturated rings. The van der Waals surface area contributed by atoms with E-state index in [9.17, 15) is 4.79 Å². The van der Waals surface area contributed by atoms with Crippen LogP contribution >= 0.6 is 0 Å². The van der Waals surface area contributed by atoms with E-state index in [1.807, 2.05) is 6.07 Å². The standard InChI is InChI=1S/C26H34N2O/c1-2-26(12-4-3-5-13-26)19-27-14-7-15-28(17-16-27)23-11-10-20-18-24(29)22-9-6-8-21(23)25(20)22/h6,8-11H,2-5,7,12-19H2,1H3. The lowest BCUT2D eigenvalue weighted by molar-refractivity contribution is 0.1000. The molecule has 5 rings (SSSR count). The van der Waals surface area contributed by atoms with Crippen molar-refractivity contribution >= 4 is 22.2 Å². The van der Waals surface area contributed by atoms with Gasteiger partial charge in [0.15, 0.2) is 5.78 Å². The highest BCUT2D eigenvalue weighted by Crippen LogP contribution is 2.40. The number of nitrogens with zero attached hydrogens (tertiary/aromatic N) is 2. The van der Waals surface area contributed by atoms with E-state index in [4.69, 9.17) is 0 Å². The van der Waals surface area contributed by atoms with Crippen molar-refractivity contribution < 1.29 is 4.79 Å². The van der Waals surface area contributed by atoms with Crippen LogP contribution in [-0.4, -0.2) is 43.4 Å². The van der Waals surface area contributed by atoms with E-state index < -0.39 is 0 Å². The summed E-state index contributed by atoms with van der Waals surface area (Å²) >= 11 is 0. The van der Waals surface area contributed by atoms with Crippen molar-refractivity contribution in [1.82, 2.24) is 4.90 Å². The summed E-state index contributed by atoms with van der Waals surface area (Å²) in [5.74, 6) is 0.280. The Hall–Kier alpha value is -1.87. The highest BCUT2D eigenvalue weighted by atomic mass is 16.1. The first kappa shape index (κ1) is 19.1. The third-order valence-electron chi connectivity index (χ3n) is 7.91. The van der Waals surface area contributed by atoms with Crippen LogP contribution in [0.5, 0.6) is 0 Å². The topological polar surface area (TPSA) is 23.6 Å². The number of rotatable bonds is 4. The van der Waals surface area contributed by atoms with Crippen molar-refractivity contribution in [3.8, 4) is 0 Å². The summed E-state index contributed by atoms with van der Waals surface area (Å²) in [6, 6.07) is 10.7. The second-order valence-electron chi connectivity index (χ2n) is 9.60. The number of hydrogen-bond donors (Lipinski definition) is 0. The molecule has 0 spiro atoms. The molecule has 0 radical (unpaired) electrons. The van der Waals surface area contributed by atoms with Gasteiger partial charge in [0, 0.05) is 49.2 Å². The van der Waals surface area contributed by atoms with Crippen molar-refractivity contribution in [2.45, 2.75) is 58.3 Å². The van der Waals surface area contributed by atoms with Gasteiger partial charge in [-0.2, -0.15) is 0 Å². The Balaban J connectivity index is 1.35. The lowest BCUT2D eigenvalue weighted by Gasteiger charge is -2.40. The molecule has 3 nitrogen and oxygen atoms in total. The second-order valence-corrected chi connectivity index (χ2v) is 9.60. The zero-order chi connectivity index (χ0) is 19.8. The van der Waals surface area contributed by atoms with Gasteiger partial charge in [0.2, 0.25) is 0 Å². The molecule has 1 aliphatic heterocycles. The maximum atomic E-state index is 12.4. The molecule has 0 N–H and O–H groups in total. The van der Waals surface area contributed by atoms with Crippen LogP contribution in [0.15, 0.2) is 30.3 Å². The molecule has 2 aromatic rings. The van der Waals surface area contributed by atoms with Crippen LogP contribution < -0.4 is 4.90 Å². The van der Waals surface area contributed by atoms with Crippen LogP contribution in [0.25, 0.3) is 10.8 Å². The Morgan fingerprint density at radius 3 is 2.62 bits per heavy atom. The third kappa shape index (κ3) is 3.48. The van der Waals surface area contributed by atoms with Gasteiger partial charge in [-0.15, -0.1) is 0 Å². The molecule has 3 heteroatoms. The first-order valence-corrected chi connectivity index (χ1v) is 11.7. The van der Waals surface area contributed by atoms with Crippen LogP contribution in [0, 0.1) is 5.41 Å². The maximum Gasteiger partial charge on any atom is 0.167 e. The number of anilines is 1. The fourth-order valence-electron chi connectivity index (χ4n) is 6.16. The molecule has 2 aliphatic carbocycles. The molecule has 29 heavy (non-hydrogen) atoms. The third-order valence-corrected chi connectivity index (χ3v) is 7.91. The van der Waals surface area contributed by atoms with Crippen LogP contribution in [-0.2, 0) is 6.42 Å². The molecule has 1 saturated heterocycles. The minimum absolute atomic E-state index is 0.280. The Bertz CT molecular complexity index is 912. The number of Topliss-reactive ketones (excluding diaryl/α,β-unsaturated/α-hetero) is 1. The average Bonchev–Trinajstić information content (AvgIpc) is 2.93. The molecular weight excluding hydrogens is 356 g/mol. The Kier molecular flexibility index (Phi) is 5.11. The van der Waals surface area contributed by atoms with Crippen molar-refractivity contribution in [2.24, 2.45) is 5.41 Å². The van der Waals surface area contributed by atoms with E-state index in [0.717, 1.165) is 25.2 Å². The van der Waals surface area contributed by atoms with Gasteiger partial charge in [-0.3, -0.25) is 4.79 Å². The first-order chi connectivity index (χ1) is 14.2. The minimum Gasteiger partial charge on any atom is -0.370 e. The van der Waals surface area contributed by atoms with Gasteiger partial charge in [0.05, 0.1) is 0 Å². The van der Waals surface area contributed by atoms with E-state index in [-0.39, 0.29) is 5.78 Å². The number of hydrogen-bond acceptors (Lipinski definition) is 3. The van der Waals surface area contributed by atoms with E-state index >= 15 is 0 Å². The van der Waals surface area contributed by atoms with Crippen LogP contribution in [0.3, 0.4) is 0 Å². The summed E-state index contributed by atoms with van der Waals surface area (Å²) < 4.78 is 0. The summed E-state index contributed by atoms with van der Waals surface area (Å²) in [4.78, 5) is 17.7. The van der Waals surface area contributed by atoms with E-state index in [0.29, 0.717) is 11.8 Å². The Labute approximate surface area is 175 Å². The summed E-state index contributed by atoms with van der Waals surface area (Å²) in [7, 11) is 0. The second kappa shape index (κ2) is 7.75. The van der Waals surface area contributed by atoms with Crippen molar-refractivity contribution in [2.75, 3.05) is 37.6 Å². The zero-order valence-electron chi connectivity index (χ0n) is 17.9. The number of ketones is 1. The normalized spacial score (nSPS) is 22.2. The molecular formula is C26H34N2O. The zero-order valence-corrected chi connectivity index (χ0v) is 17.9. The number of benzene rings is 2. The quantitative estimate of drug-likeness (QED) is 0.693. The Morgan fingerprint density at radius 2 is 1.79 bits per heavy atom. The van der Waals surface area contributed by atoms with E-state index in [2.05, 4.69) is 41.0 Å². The predicted molar refractivity (Wildman–Crippen MR) is 121 cm³/mol. The van der Waals surface area contributed by atoms with Crippen molar-refractivity contribution in [3.63, 3.8) is 0 Å². The summed E-state index contributed by atoms with van der Waals surface area (Å²) in [5.41, 5.74) is 4.03. The lowest BCUT2D eigenvalue weighted by atomic mass is 9.72. The lowest BCUT2D eigenvalue weighted by Crippen LogP contribution is -2.40. The van der Waals surface area contributed by atoms with Gasteiger partial charge >= 0.3 is 0 Å².